The summed E-state index contributed by atoms with van der Waals surface area (Å²) in [5, 5.41) is 15.0. The Kier molecular flexibility index (Phi) is 3.73. The van der Waals surface area contributed by atoms with E-state index < -0.39 is 0 Å². The summed E-state index contributed by atoms with van der Waals surface area (Å²) in [5.41, 5.74) is 2.55. The lowest BCUT2D eigenvalue weighted by molar-refractivity contribution is 0.476. The van der Waals surface area contributed by atoms with Crippen molar-refractivity contribution >= 4 is 16.6 Å². The van der Waals surface area contributed by atoms with E-state index in [9.17, 15) is 5.11 Å². The molecule has 0 fully saturated rings. The summed E-state index contributed by atoms with van der Waals surface area (Å²) in [7, 11) is 0. The number of phenols is 1. The predicted octanol–water partition coefficient (Wildman–Crippen LogP) is 4.11. The lowest BCUT2D eigenvalue weighted by Gasteiger charge is -2.09. The number of nitrogens with one attached hydrogen (secondary N) is 1. The maximum absolute atomic E-state index is 9.64. The van der Waals surface area contributed by atoms with Crippen LogP contribution in [0.4, 0.5) is 5.82 Å². The molecular weight excluding hydrogens is 260 g/mol. The Bertz CT molecular complexity index is 751. The number of aryl methyl sites for hydroxylation is 1. The van der Waals surface area contributed by atoms with E-state index in [1.54, 1.807) is 18.3 Å². The van der Waals surface area contributed by atoms with E-state index in [2.05, 4.69) is 41.5 Å². The molecule has 0 amide bonds. The Hall–Kier alpha value is -2.55. The minimum Gasteiger partial charge on any atom is -0.508 e. The molecule has 0 aliphatic carbocycles. The Balaban J connectivity index is 1.82. The SMILES string of the molecule is CCc1ccc(CNc2nccc3ccc(O)cc23)cc1. The standard InChI is InChI=1S/C18H18N2O/c1-2-13-3-5-14(6-4-13)12-20-18-17-11-16(21)8-7-15(17)9-10-19-18/h3-11,21H,2,12H2,1H3,(H,19,20). The molecule has 1 heterocycles. The number of aromatic nitrogens is 1. The maximum Gasteiger partial charge on any atom is 0.134 e. The van der Waals surface area contributed by atoms with Gasteiger partial charge in [-0.1, -0.05) is 37.3 Å². The molecule has 3 rings (SSSR count). The number of hydrogen-bond acceptors (Lipinski definition) is 3. The number of nitrogens with zero attached hydrogens (tertiary/aromatic N) is 1. The van der Waals surface area contributed by atoms with Gasteiger partial charge in [0, 0.05) is 18.1 Å². The maximum atomic E-state index is 9.64. The minimum atomic E-state index is 0.255. The van der Waals surface area contributed by atoms with Crippen molar-refractivity contribution in [1.29, 1.82) is 0 Å². The third-order valence-electron chi connectivity index (χ3n) is 3.64. The molecule has 0 unspecified atom stereocenters. The van der Waals surface area contributed by atoms with E-state index >= 15 is 0 Å². The second-order valence-corrected chi connectivity index (χ2v) is 5.09. The van der Waals surface area contributed by atoms with E-state index in [0.717, 1.165) is 23.0 Å². The normalized spacial score (nSPS) is 10.7. The molecule has 2 aromatic carbocycles. The van der Waals surface area contributed by atoms with Gasteiger partial charge in [0.05, 0.1) is 0 Å². The van der Waals surface area contributed by atoms with Gasteiger partial charge in [-0.2, -0.15) is 0 Å². The highest BCUT2D eigenvalue weighted by molar-refractivity contribution is 5.92. The molecule has 0 radical (unpaired) electrons. The number of fused-ring (bicyclic) bond motifs is 1. The second-order valence-electron chi connectivity index (χ2n) is 5.09. The first-order valence-corrected chi connectivity index (χ1v) is 7.15. The first kappa shape index (κ1) is 13.4. The minimum absolute atomic E-state index is 0.255. The lowest BCUT2D eigenvalue weighted by atomic mass is 10.1. The fourth-order valence-electron chi connectivity index (χ4n) is 2.38. The summed E-state index contributed by atoms with van der Waals surface area (Å²) in [6, 6.07) is 15.8. The molecule has 0 aliphatic heterocycles. The highest BCUT2D eigenvalue weighted by Gasteiger charge is 2.03. The van der Waals surface area contributed by atoms with Crippen LogP contribution < -0.4 is 5.32 Å². The zero-order valence-electron chi connectivity index (χ0n) is 12.0. The van der Waals surface area contributed by atoms with Gasteiger partial charge < -0.3 is 10.4 Å². The van der Waals surface area contributed by atoms with Crippen molar-refractivity contribution in [3.8, 4) is 5.75 Å². The van der Waals surface area contributed by atoms with Crippen LogP contribution in [0.3, 0.4) is 0 Å². The van der Waals surface area contributed by atoms with Crippen LogP contribution in [0.5, 0.6) is 5.75 Å². The highest BCUT2D eigenvalue weighted by Crippen LogP contribution is 2.25. The predicted molar refractivity (Wildman–Crippen MR) is 86.6 cm³/mol. The lowest BCUT2D eigenvalue weighted by Crippen LogP contribution is -2.02. The molecule has 3 heteroatoms. The van der Waals surface area contributed by atoms with Gasteiger partial charge in [0.15, 0.2) is 0 Å². The van der Waals surface area contributed by atoms with Gasteiger partial charge in [-0.15, -0.1) is 0 Å². The molecule has 0 saturated heterocycles. The fraction of sp³-hybridized carbons (Fsp3) is 0.167. The second kappa shape index (κ2) is 5.83. The summed E-state index contributed by atoms with van der Waals surface area (Å²) in [4.78, 5) is 4.37. The van der Waals surface area contributed by atoms with Crippen molar-refractivity contribution in [2.45, 2.75) is 19.9 Å². The van der Waals surface area contributed by atoms with Crippen molar-refractivity contribution in [1.82, 2.24) is 4.98 Å². The van der Waals surface area contributed by atoms with Crippen molar-refractivity contribution in [2.75, 3.05) is 5.32 Å². The molecule has 0 bridgehead atoms. The molecular formula is C18H18N2O. The molecule has 0 saturated carbocycles. The van der Waals surface area contributed by atoms with Crippen molar-refractivity contribution in [3.05, 3.63) is 65.9 Å². The smallest absolute Gasteiger partial charge is 0.134 e. The van der Waals surface area contributed by atoms with Crippen LogP contribution in [0.15, 0.2) is 54.7 Å². The highest BCUT2D eigenvalue weighted by atomic mass is 16.3. The molecule has 0 aliphatic rings. The Morgan fingerprint density at radius 3 is 2.52 bits per heavy atom. The molecule has 0 spiro atoms. The van der Waals surface area contributed by atoms with Gasteiger partial charge in [-0.3, -0.25) is 0 Å². The molecule has 3 nitrogen and oxygen atoms in total. The van der Waals surface area contributed by atoms with E-state index in [0.29, 0.717) is 6.54 Å². The van der Waals surface area contributed by atoms with Crippen LogP contribution in [-0.2, 0) is 13.0 Å². The first-order valence-electron chi connectivity index (χ1n) is 7.15. The van der Waals surface area contributed by atoms with Crippen LogP contribution in [-0.4, -0.2) is 10.1 Å². The molecule has 1 aromatic heterocycles. The molecule has 21 heavy (non-hydrogen) atoms. The van der Waals surface area contributed by atoms with Crippen LogP contribution in [0.25, 0.3) is 10.8 Å². The number of pyridine rings is 1. The van der Waals surface area contributed by atoms with Crippen LogP contribution >= 0.6 is 0 Å². The monoisotopic (exact) mass is 278 g/mol. The topological polar surface area (TPSA) is 45.2 Å². The summed E-state index contributed by atoms with van der Waals surface area (Å²) in [6.07, 6.45) is 2.83. The number of hydrogen-bond donors (Lipinski definition) is 2. The fourth-order valence-corrected chi connectivity index (χ4v) is 2.38. The number of anilines is 1. The van der Waals surface area contributed by atoms with Crippen molar-refractivity contribution < 1.29 is 5.11 Å². The molecule has 2 N–H and O–H groups in total. The molecule has 0 atom stereocenters. The van der Waals surface area contributed by atoms with E-state index in [-0.39, 0.29) is 5.75 Å². The van der Waals surface area contributed by atoms with Gasteiger partial charge in [0.25, 0.3) is 0 Å². The van der Waals surface area contributed by atoms with Crippen molar-refractivity contribution in [3.63, 3.8) is 0 Å². The molecule has 106 valence electrons. The Morgan fingerprint density at radius 1 is 1.00 bits per heavy atom. The zero-order valence-corrected chi connectivity index (χ0v) is 12.0. The Morgan fingerprint density at radius 2 is 1.76 bits per heavy atom. The van der Waals surface area contributed by atoms with Gasteiger partial charge >= 0.3 is 0 Å². The van der Waals surface area contributed by atoms with Crippen LogP contribution in [0.2, 0.25) is 0 Å². The quantitative estimate of drug-likeness (QED) is 0.754. The number of benzene rings is 2. The summed E-state index contributed by atoms with van der Waals surface area (Å²) in [5.74, 6) is 1.05. The largest absolute Gasteiger partial charge is 0.508 e. The van der Waals surface area contributed by atoms with Gasteiger partial charge in [-0.25, -0.2) is 4.98 Å². The van der Waals surface area contributed by atoms with E-state index in [1.165, 1.54) is 11.1 Å². The Labute approximate surface area is 124 Å². The number of aromatic hydroxyl groups is 1. The summed E-state index contributed by atoms with van der Waals surface area (Å²) < 4.78 is 0. The van der Waals surface area contributed by atoms with Gasteiger partial charge in [-0.05, 0) is 41.1 Å². The average molecular weight is 278 g/mol. The van der Waals surface area contributed by atoms with Crippen molar-refractivity contribution in [2.24, 2.45) is 0 Å². The first-order chi connectivity index (χ1) is 10.3. The van der Waals surface area contributed by atoms with E-state index in [4.69, 9.17) is 0 Å². The zero-order chi connectivity index (χ0) is 14.7. The molecule has 3 aromatic rings. The third-order valence-corrected chi connectivity index (χ3v) is 3.64. The van der Waals surface area contributed by atoms with E-state index in [1.807, 2.05) is 12.1 Å². The summed E-state index contributed by atoms with van der Waals surface area (Å²) in [6.45, 7) is 2.87. The third kappa shape index (κ3) is 2.97. The number of rotatable bonds is 4. The van der Waals surface area contributed by atoms with Gasteiger partial charge in [0.2, 0.25) is 0 Å². The van der Waals surface area contributed by atoms with Crippen LogP contribution in [0.1, 0.15) is 18.1 Å². The summed E-state index contributed by atoms with van der Waals surface area (Å²) >= 11 is 0. The number of phenolic OH excluding ortho intramolecular Hbond substituents is 1. The average Bonchev–Trinajstić information content (AvgIpc) is 2.53. The van der Waals surface area contributed by atoms with Gasteiger partial charge in [0.1, 0.15) is 11.6 Å². The van der Waals surface area contributed by atoms with Crippen LogP contribution in [0, 0.1) is 0 Å².